The number of fused-ring (bicyclic) bond motifs is 1. The Hall–Kier alpha value is -1.87. The highest BCUT2D eigenvalue weighted by Gasteiger charge is 2.32. The molecule has 3 nitrogen and oxygen atoms in total. The smallest absolute Gasteiger partial charge is 0.227 e. The number of hydrogen-bond acceptors (Lipinski definition) is 2. The molecule has 3 heteroatoms. The SMILES string of the molecule is CC1(C)CNCCN1C(=O)Cc1ccc2ccccc2c1. The summed E-state index contributed by atoms with van der Waals surface area (Å²) < 4.78 is 0. The van der Waals surface area contributed by atoms with E-state index in [1.54, 1.807) is 0 Å². The van der Waals surface area contributed by atoms with Crippen LogP contribution >= 0.6 is 0 Å². The van der Waals surface area contributed by atoms with Crippen molar-refractivity contribution in [3.63, 3.8) is 0 Å². The van der Waals surface area contributed by atoms with Gasteiger partial charge < -0.3 is 10.2 Å². The second-order valence-corrected chi connectivity index (χ2v) is 6.39. The quantitative estimate of drug-likeness (QED) is 0.918. The van der Waals surface area contributed by atoms with Crippen molar-refractivity contribution in [2.24, 2.45) is 0 Å². The Balaban J connectivity index is 1.79. The lowest BCUT2D eigenvalue weighted by Gasteiger charge is -2.43. The molecule has 1 aliphatic rings. The molecule has 2 aromatic carbocycles. The van der Waals surface area contributed by atoms with Gasteiger partial charge in [-0.05, 0) is 30.2 Å². The Bertz CT molecular complexity index is 663. The van der Waals surface area contributed by atoms with E-state index in [1.807, 2.05) is 17.0 Å². The third-order valence-corrected chi connectivity index (χ3v) is 4.27. The number of hydrogen-bond donors (Lipinski definition) is 1. The van der Waals surface area contributed by atoms with Crippen molar-refractivity contribution >= 4 is 16.7 Å². The Morgan fingerprint density at radius 2 is 1.95 bits per heavy atom. The van der Waals surface area contributed by atoms with Gasteiger partial charge in [0.15, 0.2) is 0 Å². The molecular formula is C18H22N2O. The van der Waals surface area contributed by atoms with Crippen LogP contribution in [0, 0.1) is 0 Å². The molecule has 1 N–H and O–H groups in total. The highest BCUT2D eigenvalue weighted by Crippen LogP contribution is 2.20. The van der Waals surface area contributed by atoms with Gasteiger partial charge in [0.2, 0.25) is 5.91 Å². The summed E-state index contributed by atoms with van der Waals surface area (Å²) in [5.41, 5.74) is 0.986. The molecule has 0 aromatic heterocycles. The molecule has 0 radical (unpaired) electrons. The third kappa shape index (κ3) is 2.93. The fourth-order valence-electron chi connectivity index (χ4n) is 3.06. The zero-order valence-corrected chi connectivity index (χ0v) is 12.7. The van der Waals surface area contributed by atoms with Crippen LogP contribution in [0.15, 0.2) is 42.5 Å². The molecule has 0 aliphatic carbocycles. The normalized spacial score (nSPS) is 17.9. The average Bonchev–Trinajstić information content (AvgIpc) is 2.46. The van der Waals surface area contributed by atoms with Gasteiger partial charge in [-0.25, -0.2) is 0 Å². The summed E-state index contributed by atoms with van der Waals surface area (Å²) in [6, 6.07) is 14.6. The molecule has 3 rings (SSSR count). The van der Waals surface area contributed by atoms with E-state index in [2.05, 4.69) is 49.5 Å². The van der Waals surface area contributed by atoms with Crippen molar-refractivity contribution in [2.75, 3.05) is 19.6 Å². The summed E-state index contributed by atoms with van der Waals surface area (Å²) in [7, 11) is 0. The van der Waals surface area contributed by atoms with E-state index in [-0.39, 0.29) is 11.4 Å². The van der Waals surface area contributed by atoms with Gasteiger partial charge in [0.1, 0.15) is 0 Å². The van der Waals surface area contributed by atoms with Crippen molar-refractivity contribution in [1.29, 1.82) is 0 Å². The van der Waals surface area contributed by atoms with Gasteiger partial charge in [-0.3, -0.25) is 4.79 Å². The number of carbonyl (C=O) groups is 1. The molecule has 0 spiro atoms. The van der Waals surface area contributed by atoms with E-state index < -0.39 is 0 Å². The third-order valence-electron chi connectivity index (χ3n) is 4.27. The molecule has 2 aromatic rings. The van der Waals surface area contributed by atoms with Gasteiger partial charge in [-0.2, -0.15) is 0 Å². The Morgan fingerprint density at radius 3 is 2.71 bits per heavy atom. The van der Waals surface area contributed by atoms with Gasteiger partial charge in [-0.1, -0.05) is 42.5 Å². The monoisotopic (exact) mass is 282 g/mol. The molecule has 0 unspecified atom stereocenters. The average molecular weight is 282 g/mol. The van der Waals surface area contributed by atoms with Gasteiger partial charge in [0.05, 0.1) is 6.42 Å². The van der Waals surface area contributed by atoms with E-state index in [0.29, 0.717) is 6.42 Å². The van der Waals surface area contributed by atoms with Crippen LogP contribution < -0.4 is 5.32 Å². The highest BCUT2D eigenvalue weighted by atomic mass is 16.2. The second kappa shape index (κ2) is 5.49. The summed E-state index contributed by atoms with van der Waals surface area (Å²) in [6.45, 7) is 6.78. The number of rotatable bonds is 2. The summed E-state index contributed by atoms with van der Waals surface area (Å²) >= 11 is 0. The largest absolute Gasteiger partial charge is 0.335 e. The van der Waals surface area contributed by atoms with Crippen LogP contribution in [0.25, 0.3) is 10.8 Å². The van der Waals surface area contributed by atoms with E-state index in [4.69, 9.17) is 0 Å². The Labute approximate surface area is 125 Å². The highest BCUT2D eigenvalue weighted by molar-refractivity contribution is 5.85. The molecule has 1 fully saturated rings. The van der Waals surface area contributed by atoms with Crippen LogP contribution in [0.5, 0.6) is 0 Å². The van der Waals surface area contributed by atoms with Gasteiger partial charge in [0.25, 0.3) is 0 Å². The first-order valence-corrected chi connectivity index (χ1v) is 7.55. The van der Waals surface area contributed by atoms with Crippen LogP contribution in [0.2, 0.25) is 0 Å². The fraction of sp³-hybridized carbons (Fsp3) is 0.389. The molecule has 1 heterocycles. The minimum Gasteiger partial charge on any atom is -0.335 e. The number of piperazine rings is 1. The predicted molar refractivity (Wildman–Crippen MR) is 86.3 cm³/mol. The lowest BCUT2D eigenvalue weighted by atomic mass is 9.98. The van der Waals surface area contributed by atoms with Crippen LogP contribution in [-0.2, 0) is 11.2 Å². The van der Waals surface area contributed by atoms with Crippen LogP contribution in [0.4, 0.5) is 0 Å². The van der Waals surface area contributed by atoms with E-state index in [0.717, 1.165) is 25.2 Å². The minimum atomic E-state index is -0.105. The zero-order chi connectivity index (χ0) is 14.9. The zero-order valence-electron chi connectivity index (χ0n) is 12.7. The van der Waals surface area contributed by atoms with Crippen molar-refractivity contribution in [1.82, 2.24) is 10.2 Å². The van der Waals surface area contributed by atoms with Crippen molar-refractivity contribution in [3.05, 3.63) is 48.0 Å². The number of benzene rings is 2. The first-order chi connectivity index (χ1) is 10.1. The number of amides is 1. The molecule has 1 amide bonds. The maximum absolute atomic E-state index is 12.6. The molecule has 110 valence electrons. The summed E-state index contributed by atoms with van der Waals surface area (Å²) in [5.74, 6) is 0.219. The minimum absolute atomic E-state index is 0.105. The maximum Gasteiger partial charge on any atom is 0.227 e. The summed E-state index contributed by atoms with van der Waals surface area (Å²) in [5, 5.41) is 5.77. The molecular weight excluding hydrogens is 260 g/mol. The standard InChI is InChI=1S/C18H22N2O/c1-18(2)13-19-9-10-20(18)17(21)12-14-7-8-15-5-3-4-6-16(15)11-14/h3-8,11,19H,9-10,12-13H2,1-2H3. The molecule has 1 aliphatic heterocycles. The van der Waals surface area contributed by atoms with Gasteiger partial charge in [-0.15, -0.1) is 0 Å². The van der Waals surface area contributed by atoms with Crippen molar-refractivity contribution < 1.29 is 4.79 Å². The van der Waals surface area contributed by atoms with Crippen molar-refractivity contribution in [2.45, 2.75) is 25.8 Å². The van der Waals surface area contributed by atoms with Crippen LogP contribution in [0.1, 0.15) is 19.4 Å². The summed E-state index contributed by atoms with van der Waals surface area (Å²) in [4.78, 5) is 14.6. The van der Waals surface area contributed by atoms with Gasteiger partial charge in [0, 0.05) is 25.2 Å². The number of nitrogens with one attached hydrogen (secondary N) is 1. The molecule has 0 bridgehead atoms. The second-order valence-electron chi connectivity index (χ2n) is 6.39. The van der Waals surface area contributed by atoms with Crippen molar-refractivity contribution in [3.8, 4) is 0 Å². The number of carbonyl (C=O) groups excluding carboxylic acids is 1. The van der Waals surface area contributed by atoms with Gasteiger partial charge >= 0.3 is 0 Å². The molecule has 1 saturated heterocycles. The molecule has 21 heavy (non-hydrogen) atoms. The molecule has 0 atom stereocenters. The Kier molecular flexibility index (Phi) is 3.68. The van der Waals surface area contributed by atoms with Crippen LogP contribution in [-0.4, -0.2) is 36.0 Å². The lowest BCUT2D eigenvalue weighted by molar-refractivity contribution is -0.136. The maximum atomic E-state index is 12.6. The van der Waals surface area contributed by atoms with E-state index >= 15 is 0 Å². The summed E-state index contributed by atoms with van der Waals surface area (Å²) in [6.07, 6.45) is 0.480. The van der Waals surface area contributed by atoms with E-state index in [1.165, 1.54) is 10.8 Å². The number of nitrogens with zero attached hydrogens (tertiary/aromatic N) is 1. The van der Waals surface area contributed by atoms with Crippen LogP contribution in [0.3, 0.4) is 0 Å². The first kappa shape index (κ1) is 14.1. The predicted octanol–water partition coefficient (Wildman–Crippen LogP) is 2.59. The fourth-order valence-corrected chi connectivity index (χ4v) is 3.06. The van der Waals surface area contributed by atoms with E-state index in [9.17, 15) is 4.79 Å². The molecule has 0 saturated carbocycles. The topological polar surface area (TPSA) is 32.3 Å². The Morgan fingerprint density at radius 1 is 1.19 bits per heavy atom. The lowest BCUT2D eigenvalue weighted by Crippen LogP contribution is -2.60. The first-order valence-electron chi connectivity index (χ1n) is 7.55.